The molecule has 1 amide bonds. The molecule has 0 bridgehead atoms. The van der Waals surface area contributed by atoms with Crippen LogP contribution in [-0.4, -0.2) is 58.3 Å². The quantitative estimate of drug-likeness (QED) is 0.413. The molecule has 2 rings (SSSR count). The van der Waals surface area contributed by atoms with Gasteiger partial charge in [0.15, 0.2) is 11.3 Å². The van der Waals surface area contributed by atoms with Gasteiger partial charge >= 0.3 is 0 Å². The van der Waals surface area contributed by atoms with Crippen LogP contribution in [0.3, 0.4) is 0 Å². The smallest absolute Gasteiger partial charge is 0.274 e. The molecule has 10 heteroatoms. The van der Waals surface area contributed by atoms with E-state index < -0.39 is 16.9 Å². The number of hydrogen-bond acceptors (Lipinski definition) is 7. The highest BCUT2D eigenvalue weighted by Gasteiger charge is 2.19. The number of amides is 1. The fourth-order valence-corrected chi connectivity index (χ4v) is 2.34. The summed E-state index contributed by atoms with van der Waals surface area (Å²) < 4.78 is 4.98. The van der Waals surface area contributed by atoms with E-state index in [0.717, 1.165) is 13.1 Å². The van der Waals surface area contributed by atoms with Crippen molar-refractivity contribution in [2.45, 2.75) is 20.0 Å². The van der Waals surface area contributed by atoms with E-state index in [2.05, 4.69) is 10.5 Å². The van der Waals surface area contributed by atoms with E-state index in [4.69, 9.17) is 4.52 Å². The molecule has 2 N–H and O–H groups in total. The Morgan fingerprint density at radius 1 is 1.44 bits per heavy atom. The molecular weight excluding hydrogens is 352 g/mol. The lowest BCUT2D eigenvalue weighted by atomic mass is 10.2. The summed E-state index contributed by atoms with van der Waals surface area (Å²) in [5.41, 5.74) is 0.0632. The Kier molecular flexibility index (Phi) is 7.75. The van der Waals surface area contributed by atoms with Gasteiger partial charge in [0.25, 0.3) is 11.6 Å². The number of aromatic nitrogens is 1. The Hall–Kier alpha value is -2.23. The van der Waals surface area contributed by atoms with Crippen molar-refractivity contribution >= 4 is 22.6 Å². The van der Waals surface area contributed by atoms with Gasteiger partial charge in [0, 0.05) is 19.2 Å². The second kappa shape index (κ2) is 9.30. The van der Waals surface area contributed by atoms with Crippen molar-refractivity contribution in [3.05, 3.63) is 34.0 Å². The van der Waals surface area contributed by atoms with Crippen LogP contribution in [0.25, 0.3) is 11.0 Å². The highest BCUT2D eigenvalue weighted by atomic mass is 35.5. The fourth-order valence-electron chi connectivity index (χ4n) is 2.34. The lowest BCUT2D eigenvalue weighted by Gasteiger charge is -2.21. The van der Waals surface area contributed by atoms with Gasteiger partial charge < -0.3 is 32.3 Å². The van der Waals surface area contributed by atoms with Crippen LogP contribution in [0.5, 0.6) is 0 Å². The first-order valence-electron chi connectivity index (χ1n) is 7.68. The first-order valence-corrected chi connectivity index (χ1v) is 7.68. The summed E-state index contributed by atoms with van der Waals surface area (Å²) in [5.74, 6) is -0.499. The van der Waals surface area contributed by atoms with Gasteiger partial charge in [0.05, 0.1) is 22.5 Å². The van der Waals surface area contributed by atoms with E-state index in [0.29, 0.717) is 11.9 Å². The van der Waals surface area contributed by atoms with Gasteiger partial charge in [-0.2, -0.15) is 0 Å². The number of fused-ring (bicyclic) bond motifs is 1. The third kappa shape index (κ3) is 5.12. The number of likely N-dealkylation sites (N-methyl/N-ethyl adjacent to an activating group) is 1. The number of hydrogen-bond donors (Lipinski definition) is 2. The predicted octanol–water partition coefficient (Wildman–Crippen LogP) is -1.83. The standard InChI is InChI=1S/C15H20N4O5.ClH/c1-3-18(4-2)9-11(20)8-16-15(21)14-12-6-5-10(19(22)23)7-13(12)24-17-14;/h5-7,11,20H,3-4,8-9H2,1-2H3,(H,16,21);1H/p-1. The number of halogens is 1. The van der Waals surface area contributed by atoms with E-state index in [9.17, 15) is 20.0 Å². The predicted molar refractivity (Wildman–Crippen MR) is 86.8 cm³/mol. The van der Waals surface area contributed by atoms with Crippen molar-refractivity contribution in [3.8, 4) is 0 Å². The zero-order valence-electron chi connectivity index (χ0n) is 13.9. The van der Waals surface area contributed by atoms with Crippen LogP contribution in [-0.2, 0) is 0 Å². The molecule has 0 spiro atoms. The molecule has 1 aromatic heterocycles. The number of carbonyl (C=O) groups is 1. The number of carbonyl (C=O) groups excluding carboxylic acids is 1. The Balaban J connectivity index is 0.00000312. The van der Waals surface area contributed by atoms with Crippen molar-refractivity contribution in [2.75, 3.05) is 26.2 Å². The first-order chi connectivity index (χ1) is 11.5. The average Bonchev–Trinajstić information content (AvgIpc) is 3.00. The van der Waals surface area contributed by atoms with Gasteiger partial charge in [-0.25, -0.2) is 0 Å². The van der Waals surface area contributed by atoms with E-state index in [-0.39, 0.29) is 35.9 Å². The third-order valence-electron chi connectivity index (χ3n) is 3.74. The molecule has 138 valence electrons. The minimum Gasteiger partial charge on any atom is -1.00 e. The molecule has 0 aliphatic carbocycles. The SMILES string of the molecule is CCN(CC)CC(O)CNC(=O)c1noc2cc([N+](=O)[O-])ccc12.[Cl-]. The topological polar surface area (TPSA) is 122 Å². The molecule has 0 saturated carbocycles. The van der Waals surface area contributed by atoms with Crippen molar-refractivity contribution in [3.63, 3.8) is 0 Å². The highest BCUT2D eigenvalue weighted by molar-refractivity contribution is 6.04. The zero-order valence-corrected chi connectivity index (χ0v) is 14.7. The summed E-state index contributed by atoms with van der Waals surface area (Å²) in [7, 11) is 0. The number of benzene rings is 1. The summed E-state index contributed by atoms with van der Waals surface area (Å²) in [6.07, 6.45) is -0.701. The number of rotatable bonds is 8. The molecule has 0 radical (unpaired) electrons. The molecule has 25 heavy (non-hydrogen) atoms. The number of aliphatic hydroxyl groups is 1. The summed E-state index contributed by atoms with van der Waals surface area (Å²) in [4.78, 5) is 24.4. The lowest BCUT2D eigenvalue weighted by Crippen LogP contribution is -3.00. The van der Waals surface area contributed by atoms with Crippen LogP contribution in [0.15, 0.2) is 22.7 Å². The fraction of sp³-hybridized carbons (Fsp3) is 0.467. The summed E-state index contributed by atoms with van der Waals surface area (Å²) in [6.45, 7) is 6.16. The molecular formula is C15H20ClN4O5-. The average molecular weight is 372 g/mol. The molecule has 2 aromatic rings. The van der Waals surface area contributed by atoms with E-state index in [1.165, 1.54) is 18.2 Å². The van der Waals surface area contributed by atoms with E-state index >= 15 is 0 Å². The number of nitrogens with zero attached hydrogens (tertiary/aromatic N) is 3. The first kappa shape index (κ1) is 20.8. The van der Waals surface area contributed by atoms with Gasteiger partial charge in [-0.3, -0.25) is 14.9 Å². The molecule has 0 fully saturated rings. The molecule has 0 aliphatic heterocycles. The van der Waals surface area contributed by atoms with Crippen LogP contribution in [0.1, 0.15) is 24.3 Å². The maximum absolute atomic E-state index is 12.2. The van der Waals surface area contributed by atoms with Crippen molar-refractivity contribution < 1.29 is 31.8 Å². The Bertz CT molecular complexity index is 732. The Labute approximate surface area is 150 Å². The van der Waals surface area contributed by atoms with Gasteiger partial charge in [-0.15, -0.1) is 0 Å². The summed E-state index contributed by atoms with van der Waals surface area (Å²) in [6, 6.07) is 3.92. The van der Waals surface area contributed by atoms with E-state index in [1.54, 1.807) is 0 Å². The van der Waals surface area contributed by atoms with E-state index in [1.807, 2.05) is 18.7 Å². The zero-order chi connectivity index (χ0) is 17.7. The van der Waals surface area contributed by atoms with Crippen LogP contribution in [0, 0.1) is 10.1 Å². The lowest BCUT2D eigenvalue weighted by molar-refractivity contribution is -0.384. The van der Waals surface area contributed by atoms with Gasteiger partial charge in [-0.1, -0.05) is 19.0 Å². The van der Waals surface area contributed by atoms with Crippen LogP contribution >= 0.6 is 0 Å². The maximum Gasteiger partial charge on any atom is 0.274 e. The normalized spacial score (nSPS) is 12.0. The molecule has 1 aromatic carbocycles. The second-order valence-corrected chi connectivity index (χ2v) is 5.32. The summed E-state index contributed by atoms with van der Waals surface area (Å²) in [5, 5.41) is 27.3. The Morgan fingerprint density at radius 3 is 2.72 bits per heavy atom. The number of non-ortho nitro benzene ring substituents is 1. The van der Waals surface area contributed by atoms with Gasteiger partial charge in [0.2, 0.25) is 0 Å². The minimum atomic E-state index is -0.701. The molecule has 0 saturated heterocycles. The molecule has 1 heterocycles. The van der Waals surface area contributed by atoms with Crippen LogP contribution < -0.4 is 17.7 Å². The second-order valence-electron chi connectivity index (χ2n) is 5.32. The number of aliphatic hydroxyl groups excluding tert-OH is 1. The number of nitrogens with one attached hydrogen (secondary N) is 1. The maximum atomic E-state index is 12.2. The largest absolute Gasteiger partial charge is 1.00 e. The number of nitro groups is 1. The number of nitro benzene ring substituents is 1. The molecule has 1 atom stereocenters. The van der Waals surface area contributed by atoms with Crippen molar-refractivity contribution in [1.29, 1.82) is 0 Å². The van der Waals surface area contributed by atoms with Crippen LogP contribution in [0.4, 0.5) is 5.69 Å². The third-order valence-corrected chi connectivity index (χ3v) is 3.74. The van der Waals surface area contributed by atoms with Crippen molar-refractivity contribution in [1.82, 2.24) is 15.4 Å². The molecule has 0 aliphatic rings. The van der Waals surface area contributed by atoms with Gasteiger partial charge in [0.1, 0.15) is 0 Å². The molecule has 1 unspecified atom stereocenters. The highest BCUT2D eigenvalue weighted by Crippen LogP contribution is 2.23. The Morgan fingerprint density at radius 2 is 2.12 bits per heavy atom. The molecule has 9 nitrogen and oxygen atoms in total. The van der Waals surface area contributed by atoms with Gasteiger partial charge in [-0.05, 0) is 19.2 Å². The monoisotopic (exact) mass is 371 g/mol. The summed E-state index contributed by atoms with van der Waals surface area (Å²) >= 11 is 0. The minimum absolute atomic E-state index is 0. The van der Waals surface area contributed by atoms with Crippen LogP contribution in [0.2, 0.25) is 0 Å². The van der Waals surface area contributed by atoms with Crippen molar-refractivity contribution in [2.24, 2.45) is 0 Å².